The van der Waals surface area contributed by atoms with Gasteiger partial charge in [0.1, 0.15) is 6.23 Å². The Balaban J connectivity index is 3.63. The summed E-state index contributed by atoms with van der Waals surface area (Å²) in [5.41, 5.74) is 0. The molecule has 0 aromatic heterocycles. The number of carbonyl (C=O) groups is 3. The van der Waals surface area contributed by atoms with Crippen molar-refractivity contribution in [2.24, 2.45) is 0 Å². The molecule has 14 nitrogen and oxygen atoms in total. The van der Waals surface area contributed by atoms with Gasteiger partial charge in [-0.3, -0.25) is 19.7 Å². The maximum atomic E-state index is 12.2. The molecule has 0 aliphatic carbocycles. The van der Waals surface area contributed by atoms with Gasteiger partial charge in [0.05, 0.1) is 52.9 Å². The minimum atomic E-state index is -0.734. The number of hydrogen-bond donors (Lipinski definition) is 4. The SMILES string of the molecule is C=CC(=O)NCCCOCCOCCOCCCN(CCC(O)NCCCOCCOCCOCCCNC(C)=O)C(=O)C=C. The Labute approximate surface area is 269 Å². The van der Waals surface area contributed by atoms with Crippen LogP contribution in [0.1, 0.15) is 39.0 Å². The van der Waals surface area contributed by atoms with Gasteiger partial charge in [0.25, 0.3) is 0 Å². The largest absolute Gasteiger partial charge is 0.379 e. The summed E-state index contributed by atoms with van der Waals surface area (Å²) in [6.07, 6.45) is 5.05. The summed E-state index contributed by atoms with van der Waals surface area (Å²) >= 11 is 0. The van der Waals surface area contributed by atoms with Gasteiger partial charge >= 0.3 is 0 Å². The minimum Gasteiger partial charge on any atom is -0.379 e. The Hall–Kier alpha value is -2.43. The topological polar surface area (TPSA) is 166 Å². The minimum absolute atomic E-state index is 0.0383. The number of aliphatic hydroxyl groups excluding tert-OH is 1. The van der Waals surface area contributed by atoms with E-state index in [1.165, 1.54) is 19.1 Å². The lowest BCUT2D eigenvalue weighted by molar-refractivity contribution is -0.126. The summed E-state index contributed by atoms with van der Waals surface area (Å²) in [4.78, 5) is 35.6. The molecule has 0 aliphatic rings. The molecule has 0 saturated heterocycles. The molecule has 3 amide bonds. The predicted molar refractivity (Wildman–Crippen MR) is 171 cm³/mol. The third-order valence-electron chi connectivity index (χ3n) is 6.00. The van der Waals surface area contributed by atoms with Crippen molar-refractivity contribution in [1.82, 2.24) is 20.9 Å². The first kappa shape index (κ1) is 42.6. The predicted octanol–water partition coefficient (Wildman–Crippen LogP) is 0.397. The fourth-order valence-electron chi connectivity index (χ4n) is 3.62. The number of carbonyl (C=O) groups excluding carboxylic acids is 3. The van der Waals surface area contributed by atoms with E-state index in [0.717, 1.165) is 19.3 Å². The standard InChI is InChI=1S/C31H58N4O10/c1-4-29(37)33-12-7-17-41-21-26-45-27-23-43-19-9-14-35(31(39)5-2)15-10-30(38)34-13-8-18-42-22-25-44-24-20-40-16-6-11-32-28(3)36/h4-5,30,34,38H,1-2,6-27H2,3H3,(H,32,36)(H,33,37). The first-order valence-corrected chi connectivity index (χ1v) is 15.8. The number of aliphatic hydroxyl groups is 1. The molecule has 0 radical (unpaired) electrons. The smallest absolute Gasteiger partial charge is 0.245 e. The fraction of sp³-hybridized carbons (Fsp3) is 0.774. The zero-order chi connectivity index (χ0) is 33.2. The third kappa shape index (κ3) is 31.3. The summed E-state index contributed by atoms with van der Waals surface area (Å²) < 4.78 is 32.9. The van der Waals surface area contributed by atoms with E-state index in [1.807, 2.05) is 0 Å². The van der Waals surface area contributed by atoms with E-state index in [9.17, 15) is 19.5 Å². The van der Waals surface area contributed by atoms with Gasteiger partial charge in [-0.1, -0.05) is 13.2 Å². The maximum Gasteiger partial charge on any atom is 0.245 e. The molecule has 0 fully saturated rings. The van der Waals surface area contributed by atoms with Gasteiger partial charge in [-0.15, -0.1) is 0 Å². The molecule has 1 unspecified atom stereocenters. The van der Waals surface area contributed by atoms with Crippen molar-refractivity contribution >= 4 is 17.7 Å². The third-order valence-corrected chi connectivity index (χ3v) is 6.00. The van der Waals surface area contributed by atoms with Crippen molar-refractivity contribution in [1.29, 1.82) is 0 Å². The highest BCUT2D eigenvalue weighted by Gasteiger charge is 2.12. The van der Waals surface area contributed by atoms with Crippen molar-refractivity contribution in [3.05, 3.63) is 25.3 Å². The van der Waals surface area contributed by atoms with E-state index in [2.05, 4.69) is 29.1 Å². The molecule has 0 aromatic rings. The Kier molecular flexibility index (Phi) is 31.2. The zero-order valence-corrected chi connectivity index (χ0v) is 27.3. The molecule has 0 saturated carbocycles. The van der Waals surface area contributed by atoms with Gasteiger partial charge in [-0.25, -0.2) is 0 Å². The van der Waals surface area contributed by atoms with Gasteiger partial charge in [-0.05, 0) is 44.4 Å². The van der Waals surface area contributed by atoms with Gasteiger partial charge in [0.15, 0.2) is 0 Å². The van der Waals surface area contributed by atoms with Crippen molar-refractivity contribution in [2.45, 2.75) is 45.3 Å². The number of ether oxygens (including phenoxy) is 6. The second-order valence-electron chi connectivity index (χ2n) is 9.85. The van der Waals surface area contributed by atoms with Crippen LogP contribution >= 0.6 is 0 Å². The van der Waals surface area contributed by atoms with E-state index in [4.69, 9.17) is 28.4 Å². The second kappa shape index (κ2) is 32.9. The molecule has 262 valence electrons. The van der Waals surface area contributed by atoms with E-state index in [0.29, 0.717) is 125 Å². The first-order valence-electron chi connectivity index (χ1n) is 15.8. The number of amides is 3. The van der Waals surface area contributed by atoms with E-state index < -0.39 is 6.23 Å². The van der Waals surface area contributed by atoms with Crippen molar-refractivity contribution in [3.63, 3.8) is 0 Å². The van der Waals surface area contributed by atoms with Gasteiger partial charge in [0, 0.05) is 66.0 Å². The highest BCUT2D eigenvalue weighted by molar-refractivity contribution is 5.87. The summed E-state index contributed by atoms with van der Waals surface area (Å²) in [5.74, 6) is -0.410. The van der Waals surface area contributed by atoms with Crippen LogP contribution in [-0.2, 0) is 42.8 Å². The van der Waals surface area contributed by atoms with Gasteiger partial charge in [0.2, 0.25) is 17.7 Å². The molecule has 0 rings (SSSR count). The van der Waals surface area contributed by atoms with Crippen LogP contribution in [-0.4, -0.2) is 146 Å². The van der Waals surface area contributed by atoms with Crippen LogP contribution in [0.4, 0.5) is 0 Å². The normalized spacial score (nSPS) is 11.6. The summed E-state index contributed by atoms with van der Waals surface area (Å²) in [6, 6.07) is 0. The van der Waals surface area contributed by atoms with Crippen LogP contribution < -0.4 is 16.0 Å². The summed E-state index contributed by atoms with van der Waals surface area (Å²) in [6.45, 7) is 17.0. The molecule has 4 N–H and O–H groups in total. The van der Waals surface area contributed by atoms with Crippen LogP contribution in [0.5, 0.6) is 0 Å². The molecule has 0 spiro atoms. The van der Waals surface area contributed by atoms with E-state index in [-0.39, 0.29) is 17.7 Å². The molecule has 0 heterocycles. The summed E-state index contributed by atoms with van der Waals surface area (Å²) in [7, 11) is 0. The highest BCUT2D eigenvalue weighted by atomic mass is 16.5. The Morgan fingerprint density at radius 3 is 1.56 bits per heavy atom. The molecule has 1 atom stereocenters. The molecular weight excluding hydrogens is 588 g/mol. The van der Waals surface area contributed by atoms with E-state index in [1.54, 1.807) is 4.90 Å². The second-order valence-corrected chi connectivity index (χ2v) is 9.85. The first-order chi connectivity index (χ1) is 21.9. The lowest BCUT2D eigenvalue weighted by Crippen LogP contribution is -2.37. The monoisotopic (exact) mass is 646 g/mol. The van der Waals surface area contributed by atoms with Crippen molar-refractivity contribution < 1.29 is 47.9 Å². The number of hydrogen-bond acceptors (Lipinski definition) is 11. The van der Waals surface area contributed by atoms with Crippen LogP contribution in [0.3, 0.4) is 0 Å². The van der Waals surface area contributed by atoms with Crippen LogP contribution in [0.25, 0.3) is 0 Å². The lowest BCUT2D eigenvalue weighted by atomic mass is 10.3. The number of nitrogens with one attached hydrogen (secondary N) is 3. The highest BCUT2D eigenvalue weighted by Crippen LogP contribution is 2.00. The van der Waals surface area contributed by atoms with Crippen molar-refractivity contribution in [3.8, 4) is 0 Å². The molecule has 0 bridgehead atoms. The average Bonchev–Trinajstić information content (AvgIpc) is 3.03. The Morgan fingerprint density at radius 2 is 1.09 bits per heavy atom. The fourth-order valence-corrected chi connectivity index (χ4v) is 3.62. The lowest BCUT2D eigenvalue weighted by Gasteiger charge is -2.23. The van der Waals surface area contributed by atoms with E-state index >= 15 is 0 Å². The van der Waals surface area contributed by atoms with Crippen LogP contribution in [0.15, 0.2) is 25.3 Å². The molecule has 14 heteroatoms. The summed E-state index contributed by atoms with van der Waals surface area (Å²) in [5, 5.41) is 18.7. The number of nitrogens with zero attached hydrogens (tertiary/aromatic N) is 1. The molecule has 0 aliphatic heterocycles. The average molecular weight is 647 g/mol. The molecule has 0 aromatic carbocycles. The zero-order valence-electron chi connectivity index (χ0n) is 27.3. The maximum absolute atomic E-state index is 12.2. The van der Waals surface area contributed by atoms with Gasteiger partial charge in [-0.2, -0.15) is 0 Å². The quantitative estimate of drug-likeness (QED) is 0.0434. The van der Waals surface area contributed by atoms with Crippen molar-refractivity contribution in [2.75, 3.05) is 112 Å². The molecule has 45 heavy (non-hydrogen) atoms. The van der Waals surface area contributed by atoms with Crippen LogP contribution in [0, 0.1) is 0 Å². The Bertz CT molecular complexity index is 760. The van der Waals surface area contributed by atoms with Gasteiger partial charge < -0.3 is 49.1 Å². The Morgan fingerprint density at radius 1 is 0.644 bits per heavy atom. The number of rotatable bonds is 34. The molecular formula is C31H58N4O10. The van der Waals surface area contributed by atoms with Crippen LogP contribution in [0.2, 0.25) is 0 Å².